The number of aliphatic hydroxyl groups excluding tert-OH is 1. The second-order valence-electron chi connectivity index (χ2n) is 7.27. The summed E-state index contributed by atoms with van der Waals surface area (Å²) in [6.07, 6.45) is 0.707. The van der Waals surface area contributed by atoms with Crippen LogP contribution in [0.3, 0.4) is 0 Å². The Labute approximate surface area is 156 Å². The average molecular weight is 376 g/mol. The molecule has 1 saturated heterocycles. The summed E-state index contributed by atoms with van der Waals surface area (Å²) in [5, 5.41) is 11.2. The van der Waals surface area contributed by atoms with E-state index in [4.69, 9.17) is 16.3 Å². The van der Waals surface area contributed by atoms with Gasteiger partial charge in [-0.1, -0.05) is 17.7 Å². The summed E-state index contributed by atoms with van der Waals surface area (Å²) < 4.78 is 6.01. The quantitative estimate of drug-likeness (QED) is 0.861. The van der Waals surface area contributed by atoms with E-state index in [1.54, 1.807) is 25.1 Å². The monoisotopic (exact) mass is 375 g/mol. The Bertz CT molecular complexity index is 856. The van der Waals surface area contributed by atoms with E-state index in [0.29, 0.717) is 40.7 Å². The number of aliphatic hydroxyl groups is 1. The number of H-pyrrole nitrogens is 1. The first-order chi connectivity index (χ1) is 12.5. The number of halogens is 1. The van der Waals surface area contributed by atoms with E-state index in [-0.39, 0.29) is 11.7 Å². The van der Waals surface area contributed by atoms with Gasteiger partial charge >= 0.3 is 0 Å². The average Bonchev–Trinajstić information content (AvgIpc) is 2.97. The molecule has 4 atom stereocenters. The predicted octanol–water partition coefficient (Wildman–Crippen LogP) is 2.39. The Morgan fingerprint density at radius 2 is 2.04 bits per heavy atom. The molecule has 7 heteroatoms. The van der Waals surface area contributed by atoms with Crippen LogP contribution in [0.1, 0.15) is 18.7 Å². The number of nitrogens with zero attached hydrogens (tertiary/aromatic N) is 2. The van der Waals surface area contributed by atoms with Crippen LogP contribution in [0.25, 0.3) is 0 Å². The second kappa shape index (κ2) is 6.93. The van der Waals surface area contributed by atoms with Gasteiger partial charge in [0.2, 0.25) is 0 Å². The summed E-state index contributed by atoms with van der Waals surface area (Å²) in [7, 11) is 0. The third-order valence-electron chi connectivity index (χ3n) is 5.34. The van der Waals surface area contributed by atoms with Gasteiger partial charge in [0, 0.05) is 24.2 Å². The zero-order valence-corrected chi connectivity index (χ0v) is 15.3. The molecule has 138 valence electrons. The van der Waals surface area contributed by atoms with Crippen molar-refractivity contribution in [3.63, 3.8) is 0 Å². The lowest BCUT2D eigenvalue weighted by atomic mass is 9.78. The van der Waals surface area contributed by atoms with Gasteiger partial charge < -0.3 is 19.7 Å². The van der Waals surface area contributed by atoms with Crippen LogP contribution in [0.4, 0.5) is 5.82 Å². The molecule has 0 unspecified atom stereocenters. The molecule has 1 aliphatic carbocycles. The van der Waals surface area contributed by atoms with Crippen LogP contribution in [-0.2, 0) is 0 Å². The Morgan fingerprint density at radius 3 is 2.77 bits per heavy atom. The van der Waals surface area contributed by atoms with Crippen LogP contribution < -0.4 is 15.2 Å². The van der Waals surface area contributed by atoms with E-state index in [1.807, 2.05) is 12.1 Å². The van der Waals surface area contributed by atoms with Crippen LogP contribution in [0.5, 0.6) is 5.75 Å². The van der Waals surface area contributed by atoms with Crippen LogP contribution in [0.2, 0.25) is 5.02 Å². The summed E-state index contributed by atoms with van der Waals surface area (Å²) in [5.41, 5.74) is -0.135. The molecule has 1 saturated carbocycles. The van der Waals surface area contributed by atoms with Crippen molar-refractivity contribution < 1.29 is 9.84 Å². The Hall–Kier alpha value is -2.05. The minimum atomic E-state index is -0.510. The molecular weight excluding hydrogens is 354 g/mol. The second-order valence-corrected chi connectivity index (χ2v) is 7.70. The summed E-state index contributed by atoms with van der Waals surface area (Å²) in [4.78, 5) is 21.0. The highest BCUT2D eigenvalue weighted by Gasteiger charge is 2.43. The Balaban J connectivity index is 1.47. The molecule has 0 bridgehead atoms. The zero-order valence-electron chi connectivity index (χ0n) is 14.6. The Morgan fingerprint density at radius 1 is 1.27 bits per heavy atom. The highest BCUT2D eigenvalue weighted by atomic mass is 35.5. The van der Waals surface area contributed by atoms with Crippen molar-refractivity contribution in [1.82, 2.24) is 9.97 Å². The number of aromatic nitrogens is 2. The Kier molecular flexibility index (Phi) is 4.63. The van der Waals surface area contributed by atoms with E-state index < -0.39 is 6.10 Å². The molecule has 0 radical (unpaired) electrons. The number of hydrogen-bond acceptors (Lipinski definition) is 5. The molecular formula is C19H22ClN3O3. The molecule has 2 fully saturated rings. The van der Waals surface area contributed by atoms with Gasteiger partial charge in [0.25, 0.3) is 5.56 Å². The highest BCUT2D eigenvalue weighted by Crippen LogP contribution is 2.39. The van der Waals surface area contributed by atoms with Crippen molar-refractivity contribution in [1.29, 1.82) is 0 Å². The first-order valence-corrected chi connectivity index (χ1v) is 9.29. The molecule has 2 aromatic rings. The van der Waals surface area contributed by atoms with Crippen molar-refractivity contribution in [3.8, 4) is 5.75 Å². The van der Waals surface area contributed by atoms with Gasteiger partial charge in [-0.3, -0.25) is 4.79 Å². The predicted molar refractivity (Wildman–Crippen MR) is 99.9 cm³/mol. The van der Waals surface area contributed by atoms with Crippen molar-refractivity contribution in [2.75, 3.05) is 18.0 Å². The maximum atomic E-state index is 11.7. The molecule has 1 aromatic carbocycles. The zero-order chi connectivity index (χ0) is 18.3. The molecule has 26 heavy (non-hydrogen) atoms. The lowest BCUT2D eigenvalue weighted by Crippen LogP contribution is -2.42. The molecule has 1 aromatic heterocycles. The molecule has 1 aliphatic heterocycles. The van der Waals surface area contributed by atoms with Crippen LogP contribution in [0.15, 0.2) is 35.1 Å². The highest BCUT2D eigenvalue weighted by molar-refractivity contribution is 6.30. The number of fused-ring (bicyclic) bond motifs is 1. The molecule has 0 spiro atoms. The lowest BCUT2D eigenvalue weighted by molar-refractivity contribution is -0.0231. The number of nitrogens with one attached hydrogen (secondary N) is 1. The summed E-state index contributed by atoms with van der Waals surface area (Å²) in [6, 6.07) is 8.81. The third kappa shape index (κ3) is 3.57. The number of rotatable bonds is 3. The van der Waals surface area contributed by atoms with Gasteiger partial charge in [-0.15, -0.1) is 0 Å². The maximum Gasteiger partial charge on any atom is 0.252 e. The van der Waals surface area contributed by atoms with Gasteiger partial charge in [0.05, 0.1) is 6.10 Å². The van der Waals surface area contributed by atoms with E-state index in [2.05, 4.69) is 14.9 Å². The van der Waals surface area contributed by atoms with Gasteiger partial charge in [-0.05, 0) is 49.8 Å². The molecule has 2 N–H and O–H groups in total. The first-order valence-electron chi connectivity index (χ1n) is 8.91. The first kappa shape index (κ1) is 17.4. The van der Waals surface area contributed by atoms with Crippen LogP contribution in [-0.4, -0.2) is 40.4 Å². The minimum Gasteiger partial charge on any atom is -0.488 e. The number of anilines is 1. The van der Waals surface area contributed by atoms with E-state index in [0.717, 1.165) is 19.5 Å². The normalized spacial score (nSPS) is 28.0. The van der Waals surface area contributed by atoms with E-state index >= 15 is 0 Å². The van der Waals surface area contributed by atoms with Crippen molar-refractivity contribution in [2.24, 2.45) is 11.8 Å². The number of aromatic amines is 1. The number of benzene rings is 1. The fraction of sp³-hybridized carbons (Fsp3) is 0.474. The number of ether oxygens (including phenoxy) is 1. The fourth-order valence-electron chi connectivity index (χ4n) is 4.14. The molecule has 6 nitrogen and oxygen atoms in total. The molecule has 4 rings (SSSR count). The molecule has 0 amide bonds. The van der Waals surface area contributed by atoms with Crippen molar-refractivity contribution in [2.45, 2.75) is 32.0 Å². The smallest absolute Gasteiger partial charge is 0.252 e. The number of aryl methyl sites for hydroxylation is 1. The summed E-state index contributed by atoms with van der Waals surface area (Å²) >= 11 is 6.02. The van der Waals surface area contributed by atoms with E-state index in [1.165, 1.54) is 0 Å². The van der Waals surface area contributed by atoms with Gasteiger partial charge in [0.15, 0.2) is 0 Å². The number of hydrogen-bond donors (Lipinski definition) is 2. The van der Waals surface area contributed by atoms with Gasteiger partial charge in [-0.2, -0.15) is 0 Å². The van der Waals surface area contributed by atoms with Crippen LogP contribution >= 0.6 is 11.6 Å². The largest absolute Gasteiger partial charge is 0.488 e. The third-order valence-corrected chi connectivity index (χ3v) is 5.57. The molecule has 2 aliphatic rings. The van der Waals surface area contributed by atoms with Gasteiger partial charge in [0.1, 0.15) is 23.5 Å². The minimum absolute atomic E-state index is 0.135. The SMILES string of the molecule is Cc1nc(N2C[C@H]3C[C@@H](Oc4cccc(Cl)c4)[C@H](O)C[C@H]3C2)cc(=O)[nH]1. The van der Waals surface area contributed by atoms with Crippen molar-refractivity contribution in [3.05, 3.63) is 51.5 Å². The maximum absolute atomic E-state index is 11.7. The van der Waals surface area contributed by atoms with Gasteiger partial charge in [-0.25, -0.2) is 4.98 Å². The summed E-state index contributed by atoms with van der Waals surface area (Å²) in [6.45, 7) is 3.41. The van der Waals surface area contributed by atoms with E-state index in [9.17, 15) is 9.90 Å². The van der Waals surface area contributed by atoms with Crippen molar-refractivity contribution >= 4 is 17.4 Å². The summed E-state index contributed by atoms with van der Waals surface area (Å²) in [5.74, 6) is 2.79. The standard InChI is InChI=1S/C19H22ClN3O3/c1-11-21-18(8-19(25)22-11)23-9-12-5-16(24)17(6-13(12)10-23)26-15-4-2-3-14(20)7-15/h2-4,7-8,12-13,16-17,24H,5-6,9-10H2,1H3,(H,21,22,25)/t12-,13+,16+,17+/m0/s1. The van der Waals surface area contributed by atoms with Crippen LogP contribution in [0, 0.1) is 18.8 Å². The lowest BCUT2D eigenvalue weighted by Gasteiger charge is -2.35. The topological polar surface area (TPSA) is 78.5 Å². The molecule has 2 heterocycles. The fourth-order valence-corrected chi connectivity index (χ4v) is 4.33.